The highest BCUT2D eigenvalue weighted by Crippen LogP contribution is 2.21. The van der Waals surface area contributed by atoms with Gasteiger partial charge in [0.05, 0.1) is 31.0 Å². The van der Waals surface area contributed by atoms with Crippen LogP contribution >= 0.6 is 0 Å². The molecule has 36 heavy (non-hydrogen) atoms. The van der Waals surface area contributed by atoms with Gasteiger partial charge in [0.1, 0.15) is 12.3 Å². The standard InChI is InChI=1S/C24H21N5O7/c1-34-23(32)15-8-9-16(24(33)35-2)18(12-15)25-19(30)13-29-20(31)11-10-17(27-29)22-26-21(28-36-22)14-6-4-3-5-7-14/h3-9,12H,10-11,13H2,1-2H3,(H,25,30). The summed E-state index contributed by atoms with van der Waals surface area (Å²) in [6, 6.07) is 13.2. The molecule has 0 spiro atoms. The van der Waals surface area contributed by atoms with Crippen molar-refractivity contribution in [2.24, 2.45) is 5.10 Å². The van der Waals surface area contributed by atoms with Gasteiger partial charge in [-0.1, -0.05) is 35.5 Å². The number of methoxy groups -OCH3 is 2. The molecule has 0 aliphatic carbocycles. The zero-order valence-corrected chi connectivity index (χ0v) is 19.4. The van der Waals surface area contributed by atoms with Gasteiger partial charge < -0.3 is 19.3 Å². The summed E-state index contributed by atoms with van der Waals surface area (Å²) in [5.41, 5.74) is 1.27. The fraction of sp³-hybridized carbons (Fsp3) is 0.208. The smallest absolute Gasteiger partial charge is 0.339 e. The first-order valence-electron chi connectivity index (χ1n) is 10.8. The minimum absolute atomic E-state index is 0.0203. The summed E-state index contributed by atoms with van der Waals surface area (Å²) in [5.74, 6) is -1.90. The normalized spacial score (nSPS) is 13.1. The number of ether oxygens (including phenoxy) is 2. The molecule has 12 heteroatoms. The molecule has 2 amide bonds. The van der Waals surface area contributed by atoms with Crippen molar-refractivity contribution in [3.05, 3.63) is 65.5 Å². The van der Waals surface area contributed by atoms with Gasteiger partial charge in [-0.15, -0.1) is 0 Å². The molecule has 0 atom stereocenters. The van der Waals surface area contributed by atoms with Crippen LogP contribution in [-0.4, -0.2) is 65.4 Å². The minimum atomic E-state index is -0.721. The monoisotopic (exact) mass is 491 g/mol. The number of esters is 2. The second-order valence-corrected chi connectivity index (χ2v) is 7.58. The zero-order chi connectivity index (χ0) is 25.7. The van der Waals surface area contributed by atoms with Gasteiger partial charge in [-0.25, -0.2) is 14.6 Å². The van der Waals surface area contributed by atoms with Crippen LogP contribution in [0.15, 0.2) is 58.2 Å². The highest BCUT2D eigenvalue weighted by molar-refractivity contribution is 6.05. The van der Waals surface area contributed by atoms with E-state index in [0.717, 1.165) is 10.6 Å². The summed E-state index contributed by atoms with van der Waals surface area (Å²) in [5, 5.41) is 11.7. The molecular formula is C24H21N5O7. The number of carbonyl (C=O) groups excluding carboxylic acids is 4. The summed E-state index contributed by atoms with van der Waals surface area (Å²) < 4.78 is 14.7. The molecular weight excluding hydrogens is 470 g/mol. The van der Waals surface area contributed by atoms with E-state index in [0.29, 0.717) is 11.5 Å². The Morgan fingerprint density at radius 1 is 1.03 bits per heavy atom. The molecule has 1 aliphatic heterocycles. The van der Waals surface area contributed by atoms with Crippen LogP contribution in [0.5, 0.6) is 0 Å². The quantitative estimate of drug-likeness (QED) is 0.490. The largest absolute Gasteiger partial charge is 0.465 e. The van der Waals surface area contributed by atoms with E-state index in [1.54, 1.807) is 0 Å². The van der Waals surface area contributed by atoms with Crippen molar-refractivity contribution in [2.75, 3.05) is 26.1 Å². The van der Waals surface area contributed by atoms with Gasteiger partial charge in [-0.3, -0.25) is 9.59 Å². The van der Waals surface area contributed by atoms with E-state index < -0.39 is 24.4 Å². The molecule has 2 heterocycles. The Balaban J connectivity index is 1.53. The summed E-state index contributed by atoms with van der Waals surface area (Å²) in [7, 11) is 2.39. The average Bonchev–Trinajstić information content (AvgIpc) is 3.40. The van der Waals surface area contributed by atoms with Crippen LogP contribution in [0, 0.1) is 0 Å². The number of hydrogen-bond acceptors (Lipinski definition) is 10. The van der Waals surface area contributed by atoms with E-state index in [-0.39, 0.29) is 41.5 Å². The molecule has 12 nitrogen and oxygen atoms in total. The lowest BCUT2D eigenvalue weighted by atomic mass is 10.1. The lowest BCUT2D eigenvalue weighted by Crippen LogP contribution is -2.38. The number of amides is 2. The van der Waals surface area contributed by atoms with Gasteiger partial charge in [0, 0.05) is 18.4 Å². The van der Waals surface area contributed by atoms with Gasteiger partial charge in [-0.2, -0.15) is 10.1 Å². The highest BCUT2D eigenvalue weighted by atomic mass is 16.5. The van der Waals surface area contributed by atoms with Gasteiger partial charge in [0.15, 0.2) is 0 Å². The van der Waals surface area contributed by atoms with Crippen LogP contribution in [0.2, 0.25) is 0 Å². The molecule has 2 aromatic carbocycles. The van der Waals surface area contributed by atoms with Crippen LogP contribution < -0.4 is 5.32 Å². The first-order chi connectivity index (χ1) is 17.4. The summed E-state index contributed by atoms with van der Waals surface area (Å²) in [4.78, 5) is 53.5. The van der Waals surface area contributed by atoms with Crippen molar-refractivity contribution < 1.29 is 33.2 Å². The minimum Gasteiger partial charge on any atom is -0.465 e. The number of aromatic nitrogens is 2. The lowest BCUT2D eigenvalue weighted by Gasteiger charge is -2.22. The Labute approximate surface area is 204 Å². The number of rotatable bonds is 7. The maximum atomic E-state index is 12.8. The Morgan fingerprint density at radius 3 is 2.50 bits per heavy atom. The summed E-state index contributed by atoms with van der Waals surface area (Å²) in [6.45, 7) is -0.453. The second kappa shape index (κ2) is 10.6. The Hall–Kier alpha value is -4.87. The van der Waals surface area contributed by atoms with E-state index in [2.05, 4.69) is 25.3 Å². The van der Waals surface area contributed by atoms with Crippen LogP contribution in [0.3, 0.4) is 0 Å². The molecule has 1 aliphatic rings. The third kappa shape index (κ3) is 5.27. The van der Waals surface area contributed by atoms with E-state index in [1.165, 1.54) is 32.4 Å². The molecule has 0 saturated carbocycles. The molecule has 1 aromatic heterocycles. The fourth-order valence-corrected chi connectivity index (χ4v) is 3.43. The van der Waals surface area contributed by atoms with Crippen LogP contribution in [0.4, 0.5) is 5.69 Å². The lowest BCUT2D eigenvalue weighted by molar-refractivity contribution is -0.135. The Morgan fingerprint density at radius 2 is 1.78 bits per heavy atom. The molecule has 0 unspecified atom stereocenters. The number of nitrogens with zero attached hydrogens (tertiary/aromatic N) is 4. The van der Waals surface area contributed by atoms with Crippen molar-refractivity contribution in [3.63, 3.8) is 0 Å². The summed E-state index contributed by atoms with van der Waals surface area (Å²) >= 11 is 0. The number of hydrogen-bond donors (Lipinski definition) is 1. The average molecular weight is 491 g/mol. The molecule has 1 N–H and O–H groups in total. The van der Waals surface area contributed by atoms with Crippen molar-refractivity contribution in [3.8, 4) is 11.4 Å². The zero-order valence-electron chi connectivity index (χ0n) is 19.4. The predicted molar refractivity (Wildman–Crippen MR) is 125 cm³/mol. The molecule has 184 valence electrons. The van der Waals surface area contributed by atoms with Crippen molar-refractivity contribution >= 4 is 35.2 Å². The third-order valence-electron chi connectivity index (χ3n) is 5.22. The first kappa shape index (κ1) is 24.3. The number of benzene rings is 2. The maximum Gasteiger partial charge on any atom is 0.339 e. The van der Waals surface area contributed by atoms with E-state index in [9.17, 15) is 19.2 Å². The maximum absolute atomic E-state index is 12.8. The fourth-order valence-electron chi connectivity index (χ4n) is 3.43. The molecule has 0 saturated heterocycles. The van der Waals surface area contributed by atoms with Gasteiger partial charge >= 0.3 is 11.9 Å². The molecule has 4 rings (SSSR count). The van der Waals surface area contributed by atoms with Crippen molar-refractivity contribution in [2.45, 2.75) is 12.8 Å². The van der Waals surface area contributed by atoms with Crippen LogP contribution in [0.1, 0.15) is 39.4 Å². The molecule has 3 aromatic rings. The first-order valence-corrected chi connectivity index (χ1v) is 10.8. The second-order valence-electron chi connectivity index (χ2n) is 7.58. The molecule has 0 bridgehead atoms. The van der Waals surface area contributed by atoms with Gasteiger partial charge in [-0.05, 0) is 18.2 Å². The Bertz CT molecular complexity index is 1350. The van der Waals surface area contributed by atoms with Crippen LogP contribution in [0.25, 0.3) is 11.4 Å². The topological polar surface area (TPSA) is 153 Å². The molecule has 0 fully saturated rings. The van der Waals surface area contributed by atoms with E-state index in [4.69, 9.17) is 9.26 Å². The predicted octanol–water partition coefficient (Wildman–Crippen LogP) is 2.28. The van der Waals surface area contributed by atoms with Crippen molar-refractivity contribution in [1.29, 1.82) is 0 Å². The van der Waals surface area contributed by atoms with E-state index in [1.807, 2.05) is 30.3 Å². The van der Waals surface area contributed by atoms with Crippen molar-refractivity contribution in [1.82, 2.24) is 15.1 Å². The number of hydrazone groups is 1. The summed E-state index contributed by atoms with van der Waals surface area (Å²) in [6.07, 6.45) is 0.349. The van der Waals surface area contributed by atoms with Crippen LogP contribution in [-0.2, 0) is 19.1 Å². The third-order valence-corrected chi connectivity index (χ3v) is 5.22. The van der Waals surface area contributed by atoms with Gasteiger partial charge in [0.25, 0.3) is 5.89 Å². The highest BCUT2D eigenvalue weighted by Gasteiger charge is 2.27. The van der Waals surface area contributed by atoms with E-state index >= 15 is 0 Å². The number of anilines is 1. The van der Waals surface area contributed by atoms with Gasteiger partial charge in [0.2, 0.25) is 17.6 Å². The SMILES string of the molecule is COC(=O)c1ccc(C(=O)OC)c(NC(=O)CN2N=C(c3nc(-c4ccccc4)no3)CCC2=O)c1. The Kier molecular flexibility index (Phi) is 7.14. The number of nitrogens with one attached hydrogen (secondary N) is 1. The number of carbonyl (C=O) groups is 4. The molecule has 0 radical (unpaired) electrons.